The van der Waals surface area contributed by atoms with Crippen LogP contribution in [0, 0.1) is 6.92 Å². The minimum Gasteiger partial charge on any atom is -0.462 e. The Morgan fingerprint density at radius 1 is 1.10 bits per heavy atom. The normalized spacial score (nSPS) is 14.8. The smallest absolute Gasteiger partial charge is 0.341 e. The quantitative estimate of drug-likeness (QED) is 0.557. The highest BCUT2D eigenvalue weighted by Gasteiger charge is 2.25. The molecule has 2 heterocycles. The summed E-state index contributed by atoms with van der Waals surface area (Å²) in [5.41, 5.74) is 4.49. The fourth-order valence-electron chi connectivity index (χ4n) is 4.04. The van der Waals surface area contributed by atoms with E-state index in [1.165, 1.54) is 5.56 Å². The van der Waals surface area contributed by atoms with Crippen molar-refractivity contribution in [1.29, 1.82) is 0 Å². The Hall–Kier alpha value is -2.63. The summed E-state index contributed by atoms with van der Waals surface area (Å²) in [5.74, 6) is -0.332. The van der Waals surface area contributed by atoms with E-state index in [9.17, 15) is 4.79 Å². The predicted molar refractivity (Wildman–Crippen MR) is 121 cm³/mol. The molecule has 0 radical (unpaired) electrons. The van der Waals surface area contributed by atoms with E-state index < -0.39 is 0 Å². The molecule has 6 heteroatoms. The first kappa shape index (κ1) is 20.6. The van der Waals surface area contributed by atoms with Crippen molar-refractivity contribution in [2.45, 2.75) is 20.4 Å². The number of hydrogen-bond acceptors (Lipinski definition) is 5. The van der Waals surface area contributed by atoms with Crippen LogP contribution in [0.2, 0.25) is 5.02 Å². The lowest BCUT2D eigenvalue weighted by atomic mass is 10.0. The second-order valence-corrected chi connectivity index (χ2v) is 7.97. The summed E-state index contributed by atoms with van der Waals surface area (Å²) in [6, 6.07) is 14.4. The predicted octanol–water partition coefficient (Wildman–Crippen LogP) is 4.70. The zero-order valence-corrected chi connectivity index (χ0v) is 18.2. The molecule has 1 fully saturated rings. The van der Waals surface area contributed by atoms with Crippen LogP contribution in [0.15, 0.2) is 48.7 Å². The number of nitrogens with zero attached hydrogens (tertiary/aromatic N) is 3. The van der Waals surface area contributed by atoms with Crippen LogP contribution in [0.1, 0.15) is 28.4 Å². The van der Waals surface area contributed by atoms with E-state index >= 15 is 0 Å². The molecule has 0 amide bonds. The van der Waals surface area contributed by atoms with E-state index in [1.807, 2.05) is 32.0 Å². The second kappa shape index (κ2) is 9.02. The van der Waals surface area contributed by atoms with Crippen LogP contribution in [0.4, 0.5) is 5.69 Å². The SMILES string of the molecule is CCOC(=O)c1cnc2c(C)c(Cl)ccc2c1N1CCN(Cc2ccccc2)CC1. The van der Waals surface area contributed by atoms with Gasteiger partial charge in [-0.15, -0.1) is 0 Å². The Bertz CT molecular complexity index is 1050. The molecule has 1 aromatic heterocycles. The van der Waals surface area contributed by atoms with Crippen LogP contribution < -0.4 is 4.90 Å². The fourth-order valence-corrected chi connectivity index (χ4v) is 4.19. The molecule has 156 valence electrons. The summed E-state index contributed by atoms with van der Waals surface area (Å²) in [5, 5.41) is 1.62. The average Bonchev–Trinajstić information content (AvgIpc) is 2.77. The lowest BCUT2D eigenvalue weighted by Crippen LogP contribution is -2.46. The van der Waals surface area contributed by atoms with Crippen molar-refractivity contribution in [1.82, 2.24) is 9.88 Å². The molecule has 5 nitrogen and oxygen atoms in total. The van der Waals surface area contributed by atoms with Crippen molar-refractivity contribution in [2.24, 2.45) is 0 Å². The monoisotopic (exact) mass is 423 g/mol. The lowest BCUT2D eigenvalue weighted by molar-refractivity contribution is 0.0526. The van der Waals surface area contributed by atoms with Gasteiger partial charge in [0.1, 0.15) is 5.56 Å². The number of piperazine rings is 1. The van der Waals surface area contributed by atoms with E-state index in [0.717, 1.165) is 54.9 Å². The molecule has 0 atom stereocenters. The van der Waals surface area contributed by atoms with Crippen molar-refractivity contribution in [2.75, 3.05) is 37.7 Å². The number of pyridine rings is 1. The number of carbonyl (C=O) groups excluding carboxylic acids is 1. The third-order valence-electron chi connectivity index (χ3n) is 5.63. The minimum atomic E-state index is -0.332. The largest absolute Gasteiger partial charge is 0.462 e. The van der Waals surface area contributed by atoms with Gasteiger partial charge in [0.2, 0.25) is 0 Å². The van der Waals surface area contributed by atoms with Gasteiger partial charge in [-0.25, -0.2) is 4.79 Å². The highest BCUT2D eigenvalue weighted by molar-refractivity contribution is 6.32. The summed E-state index contributed by atoms with van der Waals surface area (Å²) >= 11 is 6.32. The van der Waals surface area contributed by atoms with Gasteiger partial charge in [0, 0.05) is 49.3 Å². The second-order valence-electron chi connectivity index (χ2n) is 7.56. The fraction of sp³-hybridized carbons (Fsp3) is 0.333. The maximum atomic E-state index is 12.7. The molecule has 0 unspecified atom stereocenters. The average molecular weight is 424 g/mol. The maximum Gasteiger partial charge on any atom is 0.341 e. The van der Waals surface area contributed by atoms with Crippen LogP contribution in [-0.2, 0) is 11.3 Å². The number of ether oxygens (including phenoxy) is 1. The molecule has 1 saturated heterocycles. The number of fused-ring (bicyclic) bond motifs is 1. The molecular formula is C24H26ClN3O2. The standard InChI is InChI=1S/C24H26ClN3O2/c1-3-30-24(29)20-15-26-22-17(2)21(25)10-9-19(22)23(20)28-13-11-27(12-14-28)16-18-7-5-4-6-8-18/h4-10,15H,3,11-14,16H2,1-2H3. The number of anilines is 1. The molecule has 4 rings (SSSR count). The molecule has 2 aromatic carbocycles. The van der Waals surface area contributed by atoms with Crippen LogP contribution in [-0.4, -0.2) is 48.6 Å². The Balaban J connectivity index is 1.64. The number of aryl methyl sites for hydroxylation is 1. The van der Waals surface area contributed by atoms with E-state index in [1.54, 1.807) is 6.20 Å². The van der Waals surface area contributed by atoms with Gasteiger partial charge in [-0.05, 0) is 37.1 Å². The summed E-state index contributed by atoms with van der Waals surface area (Å²) in [6.07, 6.45) is 1.63. The van der Waals surface area contributed by atoms with Gasteiger partial charge in [-0.3, -0.25) is 9.88 Å². The molecular weight excluding hydrogens is 398 g/mol. The Labute approximate surface area is 182 Å². The van der Waals surface area contributed by atoms with E-state index in [0.29, 0.717) is 17.2 Å². The van der Waals surface area contributed by atoms with E-state index in [4.69, 9.17) is 16.3 Å². The van der Waals surface area contributed by atoms with Crippen molar-refractivity contribution in [3.8, 4) is 0 Å². The highest BCUT2D eigenvalue weighted by atomic mass is 35.5. The molecule has 1 aliphatic rings. The van der Waals surface area contributed by atoms with Crippen LogP contribution in [0.25, 0.3) is 10.9 Å². The number of rotatable bonds is 5. The Morgan fingerprint density at radius 3 is 2.53 bits per heavy atom. The first-order valence-corrected chi connectivity index (χ1v) is 10.7. The third-order valence-corrected chi connectivity index (χ3v) is 6.04. The summed E-state index contributed by atoms with van der Waals surface area (Å²) < 4.78 is 5.32. The summed E-state index contributed by atoms with van der Waals surface area (Å²) in [6.45, 7) is 8.56. The molecule has 0 bridgehead atoms. The zero-order chi connectivity index (χ0) is 21.1. The van der Waals surface area contributed by atoms with Crippen molar-refractivity contribution >= 4 is 34.2 Å². The van der Waals surface area contributed by atoms with Gasteiger partial charge in [0.15, 0.2) is 0 Å². The number of halogens is 1. The number of benzene rings is 2. The molecule has 3 aromatic rings. The maximum absolute atomic E-state index is 12.7. The molecule has 30 heavy (non-hydrogen) atoms. The number of esters is 1. The number of carbonyl (C=O) groups is 1. The third kappa shape index (κ3) is 4.13. The number of aromatic nitrogens is 1. The van der Waals surface area contributed by atoms with Crippen LogP contribution >= 0.6 is 11.6 Å². The van der Waals surface area contributed by atoms with Crippen molar-refractivity contribution in [3.63, 3.8) is 0 Å². The lowest BCUT2D eigenvalue weighted by Gasteiger charge is -2.37. The van der Waals surface area contributed by atoms with Crippen molar-refractivity contribution < 1.29 is 9.53 Å². The zero-order valence-electron chi connectivity index (χ0n) is 17.4. The Morgan fingerprint density at radius 2 is 1.83 bits per heavy atom. The topological polar surface area (TPSA) is 45.7 Å². The highest BCUT2D eigenvalue weighted by Crippen LogP contribution is 2.34. The van der Waals surface area contributed by atoms with Gasteiger partial charge in [0.25, 0.3) is 0 Å². The van der Waals surface area contributed by atoms with Crippen LogP contribution in [0.5, 0.6) is 0 Å². The van der Waals surface area contributed by atoms with Gasteiger partial charge in [-0.1, -0.05) is 41.9 Å². The van der Waals surface area contributed by atoms with E-state index in [-0.39, 0.29) is 5.97 Å². The van der Waals surface area contributed by atoms with E-state index in [2.05, 4.69) is 39.0 Å². The summed E-state index contributed by atoms with van der Waals surface area (Å²) in [7, 11) is 0. The van der Waals surface area contributed by atoms with Gasteiger partial charge >= 0.3 is 5.97 Å². The molecule has 0 spiro atoms. The number of hydrogen-bond donors (Lipinski definition) is 0. The van der Waals surface area contributed by atoms with Gasteiger partial charge < -0.3 is 9.64 Å². The van der Waals surface area contributed by atoms with Gasteiger partial charge in [0.05, 0.1) is 17.8 Å². The Kier molecular flexibility index (Phi) is 6.21. The van der Waals surface area contributed by atoms with Crippen molar-refractivity contribution in [3.05, 3.63) is 70.4 Å². The summed E-state index contributed by atoms with van der Waals surface area (Å²) in [4.78, 5) is 22.0. The van der Waals surface area contributed by atoms with Crippen LogP contribution in [0.3, 0.4) is 0 Å². The molecule has 0 N–H and O–H groups in total. The first-order chi connectivity index (χ1) is 14.6. The molecule has 1 aliphatic heterocycles. The first-order valence-electron chi connectivity index (χ1n) is 10.3. The minimum absolute atomic E-state index is 0.332. The van der Waals surface area contributed by atoms with Gasteiger partial charge in [-0.2, -0.15) is 0 Å². The molecule has 0 saturated carbocycles. The molecule has 0 aliphatic carbocycles.